The number of hydrogen-bond acceptors (Lipinski definition) is 14. The second kappa shape index (κ2) is 29.4. The summed E-state index contributed by atoms with van der Waals surface area (Å²) in [6.07, 6.45) is -0.914. The average molecular weight is 844 g/mol. The molecular weight excluding hydrogens is 786 g/mol. The summed E-state index contributed by atoms with van der Waals surface area (Å²) >= 11 is 0. The van der Waals surface area contributed by atoms with Gasteiger partial charge in [0.05, 0.1) is 70.1 Å². The number of aliphatic carboxylic acids is 2. The van der Waals surface area contributed by atoms with Gasteiger partial charge in [0.25, 0.3) is 0 Å². The van der Waals surface area contributed by atoms with Gasteiger partial charge >= 0.3 is 18.0 Å². The number of carboxylic acid groups (broad SMARTS) is 2. The number of carbonyl (C=O) groups is 5. The molecule has 2 aromatic carbocycles. The van der Waals surface area contributed by atoms with Crippen LogP contribution < -0.4 is 21.3 Å². The quantitative estimate of drug-likeness (QED) is 0.0234. The van der Waals surface area contributed by atoms with Crippen LogP contribution in [0.2, 0.25) is 0 Å². The maximum Gasteiger partial charge on any atom is 0.408 e. The minimum Gasteiger partial charge on any atom is -0.481 e. The fourth-order valence-electron chi connectivity index (χ4n) is 4.98. The topological polar surface area (TPSA) is 294 Å². The fourth-order valence-corrected chi connectivity index (χ4v) is 4.98. The van der Waals surface area contributed by atoms with E-state index in [-0.39, 0.29) is 50.5 Å². The summed E-state index contributed by atoms with van der Waals surface area (Å²) in [7, 11) is 0. The van der Waals surface area contributed by atoms with Gasteiger partial charge in [-0.25, -0.2) is 9.59 Å². The van der Waals surface area contributed by atoms with Crippen molar-refractivity contribution in [2.75, 3.05) is 83.1 Å². The Bertz CT molecular complexity index is 1680. The molecule has 0 saturated carbocycles. The minimum absolute atomic E-state index is 0.00349. The third-order valence-corrected chi connectivity index (χ3v) is 7.88. The zero-order chi connectivity index (χ0) is 44.0. The van der Waals surface area contributed by atoms with E-state index in [1.165, 1.54) is 0 Å². The Hall–Kier alpha value is -5.86. The molecule has 21 nitrogen and oxygen atoms in total. The Kier molecular flexibility index (Phi) is 24.6. The molecule has 0 unspecified atom stereocenters. The lowest BCUT2D eigenvalue weighted by Gasteiger charge is -2.23. The van der Waals surface area contributed by atoms with Crippen molar-refractivity contribution >= 4 is 52.6 Å². The van der Waals surface area contributed by atoms with Gasteiger partial charge < -0.3 is 55.2 Å². The summed E-state index contributed by atoms with van der Waals surface area (Å²) in [5.41, 5.74) is 9.81. The molecule has 0 aliphatic carbocycles. The van der Waals surface area contributed by atoms with Gasteiger partial charge in [0, 0.05) is 48.8 Å². The lowest BCUT2D eigenvalue weighted by Crippen LogP contribution is -2.45. The summed E-state index contributed by atoms with van der Waals surface area (Å²) in [6, 6.07) is 12.4. The number of ether oxygens (including phenoxy) is 5. The van der Waals surface area contributed by atoms with E-state index in [9.17, 15) is 34.2 Å². The highest BCUT2D eigenvalue weighted by Crippen LogP contribution is 2.22. The van der Waals surface area contributed by atoms with Gasteiger partial charge in [-0.1, -0.05) is 5.11 Å². The highest BCUT2D eigenvalue weighted by Gasteiger charge is 2.30. The molecular formula is C39H57N9O12. The van der Waals surface area contributed by atoms with Crippen molar-refractivity contribution in [2.45, 2.75) is 64.5 Å². The van der Waals surface area contributed by atoms with Crippen molar-refractivity contribution in [3.8, 4) is 0 Å². The molecule has 0 heterocycles. The number of azide groups is 1. The molecule has 0 bridgehead atoms. The van der Waals surface area contributed by atoms with Crippen LogP contribution in [0.25, 0.3) is 10.4 Å². The molecule has 2 aromatic rings. The Morgan fingerprint density at radius 2 is 1.27 bits per heavy atom. The zero-order valence-corrected chi connectivity index (χ0v) is 34.3. The van der Waals surface area contributed by atoms with Crippen LogP contribution in [0.1, 0.15) is 52.9 Å². The Labute approximate surface area is 348 Å². The van der Waals surface area contributed by atoms with Crippen LogP contribution in [0.3, 0.4) is 0 Å². The largest absolute Gasteiger partial charge is 0.481 e. The molecule has 0 aromatic heterocycles. The molecule has 0 fully saturated rings. The van der Waals surface area contributed by atoms with Gasteiger partial charge in [0.15, 0.2) is 0 Å². The average Bonchev–Trinajstić information content (AvgIpc) is 3.19. The van der Waals surface area contributed by atoms with E-state index < -0.39 is 35.6 Å². The second-order valence-electron chi connectivity index (χ2n) is 14.0. The van der Waals surface area contributed by atoms with E-state index in [0.717, 1.165) is 5.69 Å². The van der Waals surface area contributed by atoms with Crippen molar-refractivity contribution in [3.05, 3.63) is 59.0 Å². The second-order valence-corrected chi connectivity index (χ2v) is 14.0. The smallest absolute Gasteiger partial charge is 0.408 e. The Morgan fingerprint density at radius 3 is 1.80 bits per heavy atom. The van der Waals surface area contributed by atoms with Crippen molar-refractivity contribution in [2.24, 2.45) is 21.3 Å². The third-order valence-electron chi connectivity index (χ3n) is 7.88. The first-order valence-corrected chi connectivity index (χ1v) is 19.4. The van der Waals surface area contributed by atoms with Gasteiger partial charge in [-0.2, -0.15) is 10.2 Å². The number of hydrogen-bond donors (Lipinski definition) is 6. The minimum atomic E-state index is -1.47. The number of alkyl carbamates (subject to hydrolysis) is 1. The van der Waals surface area contributed by atoms with Crippen LogP contribution >= 0.6 is 0 Å². The number of carbonyl (C=O) groups excluding carboxylic acids is 3. The predicted molar refractivity (Wildman–Crippen MR) is 219 cm³/mol. The van der Waals surface area contributed by atoms with Crippen LogP contribution in [0.15, 0.2) is 63.9 Å². The number of amides is 3. The molecule has 0 radical (unpaired) electrons. The lowest BCUT2D eigenvalue weighted by molar-refractivity contribution is -0.144. The summed E-state index contributed by atoms with van der Waals surface area (Å²) in [5.74, 6) is -4.21. The van der Waals surface area contributed by atoms with Gasteiger partial charge in [-0.3, -0.25) is 14.4 Å². The molecule has 21 heteroatoms. The van der Waals surface area contributed by atoms with Gasteiger partial charge in [-0.15, -0.1) is 0 Å². The Balaban J connectivity index is 1.59. The van der Waals surface area contributed by atoms with Crippen LogP contribution in [0.4, 0.5) is 27.5 Å². The lowest BCUT2D eigenvalue weighted by atomic mass is 9.94. The van der Waals surface area contributed by atoms with E-state index in [1.807, 2.05) is 12.1 Å². The molecule has 6 N–H and O–H groups in total. The first-order valence-electron chi connectivity index (χ1n) is 19.4. The van der Waals surface area contributed by atoms with Gasteiger partial charge in [0.2, 0.25) is 11.8 Å². The molecule has 0 aliphatic rings. The van der Waals surface area contributed by atoms with E-state index in [1.54, 1.807) is 57.2 Å². The zero-order valence-electron chi connectivity index (χ0n) is 34.3. The summed E-state index contributed by atoms with van der Waals surface area (Å²) in [5, 5.41) is 41.9. The van der Waals surface area contributed by atoms with Crippen LogP contribution in [-0.4, -0.2) is 124 Å². The molecule has 0 spiro atoms. The van der Waals surface area contributed by atoms with E-state index >= 15 is 0 Å². The SMILES string of the molecule is CC(C)(C)OC(=O)N[C@@H](C[C@H](CCCC(=O)Nc1ccc(/N=N/c2ccc(NCCNC(=O)CCOCCOCCOCCOCCN=[N+]=[N-])cc2)cc1)C(=O)O)C(=O)O. The standard InChI is InChI=1S/C39H57N9O12/c1-39(2,3)60-38(55)45-33(37(53)54)27-28(36(51)52)5-4-6-35(50)44-30-9-13-32(14-10-30)47-46-31-11-7-29(8-12-31)41-16-17-42-34(49)15-19-56-21-23-58-25-26-59-24-22-57-20-18-43-48-40/h7-14,28,33,41H,4-6,15-27H2,1-3H3,(H,42,49)(H,44,50)(H,45,55)(H,51,52)(H,53,54)/b47-46+/t28-,33-/m0/s1. The summed E-state index contributed by atoms with van der Waals surface area (Å²) in [6.45, 7) is 9.13. The van der Waals surface area contributed by atoms with Crippen LogP contribution in [0.5, 0.6) is 0 Å². The van der Waals surface area contributed by atoms with Crippen LogP contribution in [-0.2, 0) is 42.9 Å². The third kappa shape index (κ3) is 24.8. The molecule has 2 rings (SSSR count). The van der Waals surface area contributed by atoms with Crippen LogP contribution in [0, 0.1) is 5.92 Å². The number of nitrogens with one attached hydrogen (secondary N) is 4. The number of anilines is 2. The highest BCUT2D eigenvalue weighted by molar-refractivity contribution is 5.90. The number of nitrogens with zero attached hydrogens (tertiary/aromatic N) is 5. The molecule has 60 heavy (non-hydrogen) atoms. The number of rotatable bonds is 31. The normalized spacial score (nSPS) is 12.2. The number of benzene rings is 2. The van der Waals surface area contributed by atoms with Crippen molar-refractivity contribution in [1.82, 2.24) is 10.6 Å². The van der Waals surface area contributed by atoms with E-state index in [4.69, 9.17) is 29.2 Å². The Morgan fingerprint density at radius 1 is 0.717 bits per heavy atom. The van der Waals surface area contributed by atoms with E-state index in [2.05, 4.69) is 41.5 Å². The monoisotopic (exact) mass is 843 g/mol. The fraction of sp³-hybridized carbons (Fsp3) is 0.564. The number of carboxylic acids is 2. The van der Waals surface area contributed by atoms with Gasteiger partial charge in [-0.05, 0) is 94.1 Å². The van der Waals surface area contributed by atoms with Crippen molar-refractivity contribution in [3.63, 3.8) is 0 Å². The maximum atomic E-state index is 12.5. The maximum absolute atomic E-state index is 12.5. The molecule has 0 saturated heterocycles. The summed E-state index contributed by atoms with van der Waals surface area (Å²) in [4.78, 5) is 62.7. The first-order chi connectivity index (χ1) is 28.8. The highest BCUT2D eigenvalue weighted by atomic mass is 16.6. The predicted octanol–water partition coefficient (Wildman–Crippen LogP) is 5.57. The molecule has 330 valence electrons. The van der Waals surface area contributed by atoms with Crippen molar-refractivity contribution < 1.29 is 57.9 Å². The first kappa shape index (κ1) is 50.3. The van der Waals surface area contributed by atoms with Crippen molar-refractivity contribution in [1.29, 1.82) is 0 Å². The van der Waals surface area contributed by atoms with Gasteiger partial charge in [0.1, 0.15) is 11.6 Å². The summed E-state index contributed by atoms with van der Waals surface area (Å²) < 4.78 is 26.5. The van der Waals surface area contributed by atoms with E-state index in [0.29, 0.717) is 82.9 Å². The molecule has 2 atom stereocenters. The molecule has 0 aliphatic heterocycles. The molecule has 3 amide bonds. The number of azo groups is 1.